The van der Waals surface area contributed by atoms with Crippen molar-refractivity contribution in [3.63, 3.8) is 0 Å². The van der Waals surface area contributed by atoms with Crippen molar-refractivity contribution in [1.82, 2.24) is 15.1 Å². The summed E-state index contributed by atoms with van der Waals surface area (Å²) in [7, 11) is 0. The number of H-pyrrole nitrogens is 1. The summed E-state index contributed by atoms with van der Waals surface area (Å²) in [5, 5.41) is 7.25. The van der Waals surface area contributed by atoms with Gasteiger partial charge in [-0.2, -0.15) is 5.10 Å². The number of aromatic amines is 1. The predicted molar refractivity (Wildman–Crippen MR) is 94.6 cm³/mol. The number of amides is 1. The molecule has 2 aromatic rings. The van der Waals surface area contributed by atoms with Crippen LogP contribution in [-0.4, -0.2) is 47.2 Å². The van der Waals surface area contributed by atoms with Gasteiger partial charge in [0.25, 0.3) is 5.91 Å². The maximum absolute atomic E-state index is 12.6. The summed E-state index contributed by atoms with van der Waals surface area (Å²) in [5.74, 6) is 0.652. The van der Waals surface area contributed by atoms with Crippen LogP contribution in [0.15, 0.2) is 24.3 Å². The average molecular weight is 324 g/mol. The summed E-state index contributed by atoms with van der Waals surface area (Å²) in [5.41, 5.74) is 5.55. The number of carbonyl (C=O) groups excluding carboxylic acids is 1. The van der Waals surface area contributed by atoms with Crippen LogP contribution in [-0.2, 0) is 0 Å². The molecule has 1 N–H and O–H groups in total. The molecule has 1 amide bonds. The van der Waals surface area contributed by atoms with Gasteiger partial charge < -0.3 is 9.80 Å². The lowest BCUT2D eigenvalue weighted by Crippen LogP contribution is -2.49. The first-order chi connectivity index (χ1) is 11.6. The second kappa shape index (κ2) is 5.96. The van der Waals surface area contributed by atoms with Crippen molar-refractivity contribution in [3.05, 3.63) is 46.8 Å². The van der Waals surface area contributed by atoms with Crippen LogP contribution in [0.2, 0.25) is 0 Å². The van der Waals surface area contributed by atoms with Crippen molar-refractivity contribution in [2.75, 3.05) is 31.1 Å². The molecule has 0 spiro atoms. The molecule has 0 unspecified atom stereocenters. The lowest BCUT2D eigenvalue weighted by molar-refractivity contribution is 0.0741. The first-order valence-electron chi connectivity index (χ1n) is 8.78. The average Bonchev–Trinajstić information content (AvgIpc) is 3.32. The summed E-state index contributed by atoms with van der Waals surface area (Å²) in [4.78, 5) is 16.9. The number of anilines is 1. The molecule has 5 nitrogen and oxygen atoms in total. The van der Waals surface area contributed by atoms with Gasteiger partial charge in [0, 0.05) is 43.5 Å². The number of hydrogen-bond acceptors (Lipinski definition) is 3. The monoisotopic (exact) mass is 324 g/mol. The SMILES string of the molecule is Cc1ccc(N2CCN(C(=O)c3cc(C4CC4)[nH]n3)CC2)c(C)c1. The van der Waals surface area contributed by atoms with E-state index in [0.29, 0.717) is 11.6 Å². The third-order valence-corrected chi connectivity index (χ3v) is 5.09. The fourth-order valence-corrected chi connectivity index (χ4v) is 3.52. The van der Waals surface area contributed by atoms with Gasteiger partial charge in [0.15, 0.2) is 0 Å². The van der Waals surface area contributed by atoms with Gasteiger partial charge in [-0.05, 0) is 44.4 Å². The molecular formula is C19H24N4O. The molecule has 1 aliphatic heterocycles. The number of piperazine rings is 1. The molecule has 5 heteroatoms. The Morgan fingerprint density at radius 3 is 2.54 bits per heavy atom. The summed E-state index contributed by atoms with van der Waals surface area (Å²) < 4.78 is 0. The van der Waals surface area contributed by atoms with Crippen LogP contribution in [0.4, 0.5) is 5.69 Å². The van der Waals surface area contributed by atoms with Crippen LogP contribution < -0.4 is 4.90 Å². The summed E-state index contributed by atoms with van der Waals surface area (Å²) in [6.45, 7) is 7.51. The number of benzene rings is 1. The van der Waals surface area contributed by atoms with E-state index in [1.807, 2.05) is 11.0 Å². The largest absolute Gasteiger partial charge is 0.368 e. The zero-order valence-corrected chi connectivity index (χ0v) is 14.4. The van der Waals surface area contributed by atoms with Gasteiger partial charge in [-0.3, -0.25) is 9.89 Å². The molecule has 126 valence electrons. The molecule has 1 aromatic heterocycles. The molecule has 1 aliphatic carbocycles. The quantitative estimate of drug-likeness (QED) is 0.944. The predicted octanol–water partition coefficient (Wildman–Crippen LogP) is 2.87. The highest BCUT2D eigenvalue weighted by molar-refractivity contribution is 5.92. The Balaban J connectivity index is 1.40. The van der Waals surface area contributed by atoms with E-state index >= 15 is 0 Å². The minimum Gasteiger partial charge on any atom is -0.368 e. The van der Waals surface area contributed by atoms with E-state index < -0.39 is 0 Å². The van der Waals surface area contributed by atoms with Crippen molar-refractivity contribution in [3.8, 4) is 0 Å². The van der Waals surface area contributed by atoms with Gasteiger partial charge in [0.2, 0.25) is 0 Å². The number of carbonyl (C=O) groups is 1. The molecule has 1 saturated carbocycles. The standard InChI is InChI=1S/C19H24N4O/c1-13-3-6-18(14(2)11-13)22-7-9-23(10-8-22)19(24)17-12-16(20-21-17)15-4-5-15/h3,6,11-12,15H,4-5,7-10H2,1-2H3,(H,20,21). The van der Waals surface area contributed by atoms with Crippen LogP contribution in [0.25, 0.3) is 0 Å². The van der Waals surface area contributed by atoms with E-state index in [1.54, 1.807) is 0 Å². The number of nitrogens with one attached hydrogen (secondary N) is 1. The third kappa shape index (κ3) is 2.90. The van der Waals surface area contributed by atoms with Gasteiger partial charge in [0.1, 0.15) is 5.69 Å². The second-order valence-electron chi connectivity index (χ2n) is 7.05. The Bertz CT molecular complexity index is 754. The van der Waals surface area contributed by atoms with Crippen molar-refractivity contribution in [1.29, 1.82) is 0 Å². The molecule has 0 bridgehead atoms. The number of rotatable bonds is 3. The van der Waals surface area contributed by atoms with Crippen molar-refractivity contribution < 1.29 is 4.79 Å². The van der Waals surface area contributed by atoms with Crippen molar-refractivity contribution in [2.24, 2.45) is 0 Å². The van der Waals surface area contributed by atoms with Gasteiger partial charge in [-0.25, -0.2) is 0 Å². The number of nitrogens with zero attached hydrogens (tertiary/aromatic N) is 3. The van der Waals surface area contributed by atoms with Crippen LogP contribution in [0.5, 0.6) is 0 Å². The zero-order chi connectivity index (χ0) is 16.7. The van der Waals surface area contributed by atoms with E-state index in [9.17, 15) is 4.79 Å². The highest BCUT2D eigenvalue weighted by Gasteiger charge is 2.29. The van der Waals surface area contributed by atoms with Crippen LogP contribution >= 0.6 is 0 Å². The molecule has 1 aromatic carbocycles. The Labute approximate surface area is 142 Å². The molecule has 1 saturated heterocycles. The molecule has 0 radical (unpaired) electrons. The highest BCUT2D eigenvalue weighted by Crippen LogP contribution is 2.39. The number of aryl methyl sites for hydroxylation is 2. The van der Waals surface area contributed by atoms with Crippen LogP contribution in [0.3, 0.4) is 0 Å². The van der Waals surface area contributed by atoms with Gasteiger partial charge in [-0.1, -0.05) is 17.7 Å². The molecular weight excluding hydrogens is 300 g/mol. The first-order valence-corrected chi connectivity index (χ1v) is 8.78. The van der Waals surface area contributed by atoms with E-state index in [2.05, 4.69) is 47.1 Å². The Morgan fingerprint density at radius 2 is 1.88 bits per heavy atom. The van der Waals surface area contributed by atoms with Gasteiger partial charge >= 0.3 is 0 Å². The molecule has 4 rings (SSSR count). The topological polar surface area (TPSA) is 52.2 Å². The summed E-state index contributed by atoms with van der Waals surface area (Å²) in [6.07, 6.45) is 2.43. The fraction of sp³-hybridized carbons (Fsp3) is 0.474. The first kappa shape index (κ1) is 15.2. The molecule has 2 aliphatic rings. The minimum atomic E-state index is 0.0541. The highest BCUT2D eigenvalue weighted by atomic mass is 16.2. The molecule has 0 atom stereocenters. The second-order valence-corrected chi connectivity index (χ2v) is 7.05. The Kier molecular flexibility index (Phi) is 3.79. The smallest absolute Gasteiger partial charge is 0.274 e. The normalized spacial score (nSPS) is 18.1. The van der Waals surface area contributed by atoms with Crippen molar-refractivity contribution in [2.45, 2.75) is 32.6 Å². The Morgan fingerprint density at radius 1 is 1.12 bits per heavy atom. The molecule has 2 heterocycles. The Hall–Kier alpha value is -2.30. The molecule has 24 heavy (non-hydrogen) atoms. The lowest BCUT2D eigenvalue weighted by Gasteiger charge is -2.36. The lowest BCUT2D eigenvalue weighted by atomic mass is 10.1. The maximum atomic E-state index is 12.6. The van der Waals surface area contributed by atoms with Gasteiger partial charge in [0.05, 0.1) is 0 Å². The van der Waals surface area contributed by atoms with Crippen LogP contribution in [0.1, 0.15) is 46.1 Å². The summed E-state index contributed by atoms with van der Waals surface area (Å²) >= 11 is 0. The third-order valence-electron chi connectivity index (χ3n) is 5.09. The zero-order valence-electron chi connectivity index (χ0n) is 14.4. The summed E-state index contributed by atoms with van der Waals surface area (Å²) in [6, 6.07) is 8.51. The van der Waals surface area contributed by atoms with E-state index in [0.717, 1.165) is 31.9 Å². The van der Waals surface area contributed by atoms with E-state index in [1.165, 1.54) is 29.7 Å². The van der Waals surface area contributed by atoms with E-state index in [-0.39, 0.29) is 5.91 Å². The minimum absolute atomic E-state index is 0.0541. The maximum Gasteiger partial charge on any atom is 0.274 e. The number of hydrogen-bond donors (Lipinski definition) is 1. The van der Waals surface area contributed by atoms with Gasteiger partial charge in [-0.15, -0.1) is 0 Å². The van der Waals surface area contributed by atoms with Crippen molar-refractivity contribution >= 4 is 11.6 Å². The molecule has 2 fully saturated rings. The fourth-order valence-electron chi connectivity index (χ4n) is 3.52. The van der Waals surface area contributed by atoms with Crippen LogP contribution in [0, 0.1) is 13.8 Å². The van der Waals surface area contributed by atoms with E-state index in [4.69, 9.17) is 0 Å². The number of aromatic nitrogens is 2.